The second-order valence-corrected chi connectivity index (χ2v) is 7.29. The Morgan fingerprint density at radius 2 is 1.45 bits per heavy atom. The van der Waals surface area contributed by atoms with Crippen LogP contribution in [0.25, 0.3) is 0 Å². The van der Waals surface area contributed by atoms with E-state index in [4.69, 9.17) is 20.2 Å². The quantitative estimate of drug-likeness (QED) is 0.808. The summed E-state index contributed by atoms with van der Waals surface area (Å²) >= 11 is 0. The minimum absolute atomic E-state index is 0.0471. The molecule has 2 aliphatic rings. The van der Waals surface area contributed by atoms with E-state index in [-0.39, 0.29) is 17.9 Å². The van der Waals surface area contributed by atoms with Crippen LogP contribution in [-0.2, 0) is 10.3 Å². The van der Waals surface area contributed by atoms with Crippen molar-refractivity contribution < 1.29 is 14.3 Å². The molecule has 2 heterocycles. The fourth-order valence-electron chi connectivity index (χ4n) is 4.18. The number of nitrogens with zero attached hydrogens (tertiary/aromatic N) is 2. The Bertz CT molecular complexity index is 855. The normalized spacial score (nSPS) is 19.2. The van der Waals surface area contributed by atoms with Gasteiger partial charge in [0.1, 0.15) is 11.5 Å². The van der Waals surface area contributed by atoms with Crippen LogP contribution in [0.4, 0.5) is 0 Å². The van der Waals surface area contributed by atoms with Crippen LogP contribution in [0.1, 0.15) is 24.0 Å². The molecule has 0 atom stereocenters. The summed E-state index contributed by atoms with van der Waals surface area (Å²) in [5.74, 6) is 1.60. The fraction of sp³-hybridized carbons (Fsp3) is 0.364. The van der Waals surface area contributed by atoms with Gasteiger partial charge in [-0.25, -0.2) is 4.99 Å². The Balaban J connectivity index is 1.83. The summed E-state index contributed by atoms with van der Waals surface area (Å²) in [7, 11) is 3.23. The maximum Gasteiger partial charge on any atom is 0.266 e. The van der Waals surface area contributed by atoms with Crippen molar-refractivity contribution >= 4 is 11.9 Å². The van der Waals surface area contributed by atoms with Gasteiger partial charge < -0.3 is 20.5 Å². The number of benzene rings is 2. The van der Waals surface area contributed by atoms with Gasteiger partial charge in [-0.15, -0.1) is 0 Å². The predicted octanol–water partition coefficient (Wildman–Crippen LogP) is 1.86. The number of carbonyl (C=O) groups is 1. The number of guanidine groups is 1. The average Bonchev–Trinajstić information content (AvgIpc) is 3.05. The number of carbonyl (C=O) groups excluding carboxylic acids is 1. The summed E-state index contributed by atoms with van der Waals surface area (Å²) in [6.07, 6.45) is 1.70. The molecule has 0 unspecified atom stereocenters. The number of nitrogens with two attached hydrogens (primary N) is 1. The number of nitrogens with one attached hydrogen (secondary N) is 1. The van der Waals surface area contributed by atoms with Gasteiger partial charge in [0.05, 0.1) is 14.2 Å². The van der Waals surface area contributed by atoms with Crippen LogP contribution >= 0.6 is 0 Å². The van der Waals surface area contributed by atoms with E-state index in [9.17, 15) is 4.79 Å². The zero-order valence-electron chi connectivity index (χ0n) is 16.7. The van der Waals surface area contributed by atoms with Crippen molar-refractivity contribution in [3.63, 3.8) is 0 Å². The van der Waals surface area contributed by atoms with Crippen LogP contribution in [-0.4, -0.2) is 50.1 Å². The van der Waals surface area contributed by atoms with Crippen molar-refractivity contribution in [1.82, 2.24) is 10.2 Å². The third-order valence-electron chi connectivity index (χ3n) is 5.75. The number of ether oxygens (including phenoxy) is 2. The molecule has 1 amide bonds. The highest BCUT2D eigenvalue weighted by molar-refractivity contribution is 6.09. The fourth-order valence-corrected chi connectivity index (χ4v) is 4.18. The highest BCUT2D eigenvalue weighted by Gasteiger charge is 2.52. The maximum atomic E-state index is 13.9. The van der Waals surface area contributed by atoms with E-state index in [1.165, 1.54) is 0 Å². The van der Waals surface area contributed by atoms with Crippen molar-refractivity contribution in [3.8, 4) is 11.5 Å². The van der Waals surface area contributed by atoms with Gasteiger partial charge in [0.2, 0.25) is 0 Å². The van der Waals surface area contributed by atoms with E-state index in [2.05, 4.69) is 5.32 Å². The minimum Gasteiger partial charge on any atom is -0.497 e. The van der Waals surface area contributed by atoms with Crippen LogP contribution in [0.3, 0.4) is 0 Å². The van der Waals surface area contributed by atoms with E-state index in [0.717, 1.165) is 48.6 Å². The lowest BCUT2D eigenvalue weighted by atomic mass is 9.82. The Morgan fingerprint density at radius 3 is 1.90 bits per heavy atom. The first-order chi connectivity index (χ1) is 14.1. The smallest absolute Gasteiger partial charge is 0.266 e. The molecule has 0 aromatic heterocycles. The third kappa shape index (κ3) is 3.21. The maximum absolute atomic E-state index is 13.9. The van der Waals surface area contributed by atoms with E-state index < -0.39 is 5.54 Å². The topological polar surface area (TPSA) is 89.2 Å². The molecule has 29 heavy (non-hydrogen) atoms. The number of amides is 1. The standard InChI is InChI=1S/C22H26N4O3/c1-28-18-7-3-15(4-8-18)22(16-5-9-19(29-2)10-6-16)20(27)26(21(23)25-22)17-11-13-24-14-12-17/h3-10,17,24H,11-14H2,1-2H3,(H2,23,25). The average molecular weight is 394 g/mol. The second kappa shape index (κ2) is 7.75. The molecule has 2 aliphatic heterocycles. The van der Waals surface area contributed by atoms with Crippen molar-refractivity contribution in [2.75, 3.05) is 27.3 Å². The van der Waals surface area contributed by atoms with Gasteiger partial charge in [-0.05, 0) is 61.3 Å². The molecule has 2 aromatic carbocycles. The Kier molecular flexibility index (Phi) is 5.15. The van der Waals surface area contributed by atoms with Crippen LogP contribution in [0.15, 0.2) is 53.5 Å². The van der Waals surface area contributed by atoms with Gasteiger partial charge in [-0.2, -0.15) is 0 Å². The Hall–Kier alpha value is -3.06. The molecule has 0 bridgehead atoms. The first-order valence-corrected chi connectivity index (χ1v) is 9.79. The lowest BCUT2D eigenvalue weighted by Gasteiger charge is -2.33. The monoisotopic (exact) mass is 394 g/mol. The molecule has 0 saturated carbocycles. The molecule has 7 heteroatoms. The third-order valence-corrected chi connectivity index (χ3v) is 5.75. The zero-order chi connectivity index (χ0) is 20.4. The van der Waals surface area contributed by atoms with Crippen molar-refractivity contribution in [2.45, 2.75) is 24.4 Å². The largest absolute Gasteiger partial charge is 0.497 e. The number of aliphatic imine (C=N–C) groups is 1. The summed E-state index contributed by atoms with van der Waals surface area (Å²) in [5, 5.41) is 3.33. The Morgan fingerprint density at radius 1 is 0.966 bits per heavy atom. The molecule has 4 rings (SSSR count). The van der Waals surface area contributed by atoms with Gasteiger partial charge in [0.25, 0.3) is 5.91 Å². The van der Waals surface area contributed by atoms with Gasteiger partial charge >= 0.3 is 0 Å². The molecule has 0 radical (unpaired) electrons. The van der Waals surface area contributed by atoms with E-state index >= 15 is 0 Å². The summed E-state index contributed by atoms with van der Waals surface area (Å²) < 4.78 is 10.6. The van der Waals surface area contributed by atoms with Gasteiger partial charge in [0, 0.05) is 6.04 Å². The molecule has 1 fully saturated rings. The van der Waals surface area contributed by atoms with Crippen molar-refractivity contribution in [3.05, 3.63) is 59.7 Å². The van der Waals surface area contributed by atoms with Crippen LogP contribution in [0.2, 0.25) is 0 Å². The van der Waals surface area contributed by atoms with E-state index in [1.54, 1.807) is 19.1 Å². The molecule has 2 aromatic rings. The number of methoxy groups -OCH3 is 2. The zero-order valence-corrected chi connectivity index (χ0v) is 16.7. The minimum atomic E-state index is -1.21. The highest BCUT2D eigenvalue weighted by Crippen LogP contribution is 2.41. The predicted molar refractivity (Wildman–Crippen MR) is 111 cm³/mol. The van der Waals surface area contributed by atoms with Crippen LogP contribution < -0.4 is 20.5 Å². The summed E-state index contributed by atoms with van der Waals surface area (Å²) in [5.41, 5.74) is 6.65. The summed E-state index contributed by atoms with van der Waals surface area (Å²) in [6, 6.07) is 14.9. The number of piperidine rings is 1. The van der Waals surface area contributed by atoms with Gasteiger partial charge in [-0.1, -0.05) is 24.3 Å². The van der Waals surface area contributed by atoms with Crippen molar-refractivity contribution in [2.24, 2.45) is 10.7 Å². The van der Waals surface area contributed by atoms with Crippen LogP contribution in [0.5, 0.6) is 11.5 Å². The molecule has 0 spiro atoms. The highest BCUT2D eigenvalue weighted by atomic mass is 16.5. The first kappa shape index (κ1) is 19.3. The first-order valence-electron chi connectivity index (χ1n) is 9.79. The van der Waals surface area contributed by atoms with Crippen molar-refractivity contribution in [1.29, 1.82) is 0 Å². The number of hydrogen-bond acceptors (Lipinski definition) is 6. The van der Waals surface area contributed by atoms with E-state index in [1.807, 2.05) is 48.5 Å². The summed E-state index contributed by atoms with van der Waals surface area (Å²) in [6.45, 7) is 1.72. The van der Waals surface area contributed by atoms with E-state index in [0.29, 0.717) is 0 Å². The molecule has 0 aliphatic carbocycles. The van der Waals surface area contributed by atoms with Gasteiger partial charge in [0.15, 0.2) is 11.5 Å². The number of hydrogen-bond donors (Lipinski definition) is 2. The lowest BCUT2D eigenvalue weighted by Crippen LogP contribution is -2.52. The molecule has 1 saturated heterocycles. The SMILES string of the molecule is COc1ccc(C2(c3ccc(OC)cc3)N=C(N)N(C3CCNCC3)C2=O)cc1. The second-order valence-electron chi connectivity index (χ2n) is 7.29. The number of rotatable bonds is 5. The molecule has 152 valence electrons. The molecular formula is C22H26N4O3. The molecule has 7 nitrogen and oxygen atoms in total. The lowest BCUT2D eigenvalue weighted by molar-refractivity contribution is -0.132. The van der Waals surface area contributed by atoms with Gasteiger partial charge in [-0.3, -0.25) is 9.69 Å². The molecular weight excluding hydrogens is 368 g/mol. The van der Waals surface area contributed by atoms with Crippen LogP contribution in [0, 0.1) is 0 Å². The Labute approximate surface area is 170 Å². The molecule has 3 N–H and O–H groups in total. The summed E-state index contributed by atoms with van der Waals surface area (Å²) in [4.78, 5) is 20.4.